The van der Waals surface area contributed by atoms with E-state index in [1.807, 2.05) is 44.2 Å². The normalized spacial score (nSPS) is 13.6. The molecular formula is C14H24. The van der Waals surface area contributed by atoms with Gasteiger partial charge in [0, 0.05) is 1.37 Å². The Hall–Kier alpha value is -0.780. The van der Waals surface area contributed by atoms with Crippen LogP contribution in [-0.2, 0) is 6.40 Å². The van der Waals surface area contributed by atoms with E-state index >= 15 is 0 Å². The van der Waals surface area contributed by atoms with Gasteiger partial charge >= 0.3 is 0 Å². The van der Waals surface area contributed by atoms with E-state index in [0.717, 1.165) is 12.0 Å². The number of rotatable bonds is 2. The van der Waals surface area contributed by atoms with Gasteiger partial charge in [-0.25, -0.2) is 0 Å². The van der Waals surface area contributed by atoms with Crippen LogP contribution in [0, 0.1) is 5.41 Å². The molecule has 1 atom stereocenters. The summed E-state index contributed by atoms with van der Waals surface area (Å²) < 4.78 is 7.97. The molecule has 0 amide bonds. The number of hydrogen-bond donors (Lipinski definition) is 0. The molecule has 0 aromatic heterocycles. The molecule has 1 aromatic rings. The molecule has 14 heavy (non-hydrogen) atoms. The molecular weight excluding hydrogens is 168 g/mol. The van der Waals surface area contributed by atoms with Crippen LogP contribution in [0.3, 0.4) is 0 Å². The summed E-state index contributed by atoms with van der Waals surface area (Å²) in [4.78, 5) is 0. The zero-order chi connectivity index (χ0) is 11.9. The lowest BCUT2D eigenvalue weighted by molar-refractivity contribution is 0.378. The van der Waals surface area contributed by atoms with Gasteiger partial charge in [-0.3, -0.25) is 0 Å². The summed E-state index contributed by atoms with van der Waals surface area (Å²) >= 11 is 0. The predicted molar refractivity (Wildman–Crippen MR) is 65.6 cm³/mol. The van der Waals surface area contributed by atoms with E-state index in [9.17, 15) is 0 Å². The van der Waals surface area contributed by atoms with Gasteiger partial charge in [0.1, 0.15) is 0 Å². The minimum absolute atomic E-state index is 0.0822. The summed E-state index contributed by atoms with van der Waals surface area (Å²) in [5, 5.41) is 0. The van der Waals surface area contributed by atoms with Crippen LogP contribution in [0.4, 0.5) is 0 Å². The second-order valence-electron chi connectivity index (χ2n) is 4.38. The van der Waals surface area contributed by atoms with E-state index in [4.69, 9.17) is 1.37 Å². The second-order valence-corrected chi connectivity index (χ2v) is 4.38. The first-order valence-electron chi connectivity index (χ1n) is 6.04. The Morgan fingerprint density at radius 2 is 1.57 bits per heavy atom. The van der Waals surface area contributed by atoms with Crippen molar-refractivity contribution in [1.82, 2.24) is 0 Å². The summed E-state index contributed by atoms with van der Waals surface area (Å²) in [7, 11) is 0. The average Bonchev–Trinajstić information content (AvgIpc) is 2.20. The Morgan fingerprint density at radius 3 is 2.00 bits per heavy atom. The van der Waals surface area contributed by atoms with Gasteiger partial charge < -0.3 is 0 Å². The topological polar surface area (TPSA) is 0 Å². The maximum atomic E-state index is 7.97. The molecule has 0 aliphatic carbocycles. The molecule has 0 radical (unpaired) electrons. The fourth-order valence-corrected chi connectivity index (χ4v) is 1.01. The molecule has 0 fully saturated rings. The van der Waals surface area contributed by atoms with Crippen molar-refractivity contribution in [3.63, 3.8) is 0 Å². The standard InChI is InChI=1S/C12H18.C2H6/c1-12(2,3)10-9-11-7-5-4-6-8-11;1-2/h4-8H,9-10H2,1-3H3;1-2H3/i9T;. The largest absolute Gasteiger partial charge is 0.0683 e. The van der Waals surface area contributed by atoms with Crippen molar-refractivity contribution in [2.24, 2.45) is 5.41 Å². The average molecular weight is 194 g/mol. The number of hydrogen-bond acceptors (Lipinski definition) is 0. The molecule has 0 aliphatic rings. The van der Waals surface area contributed by atoms with E-state index in [2.05, 4.69) is 20.8 Å². The molecule has 0 nitrogen and oxygen atoms in total. The molecule has 0 N–H and O–H groups in total. The maximum Gasteiger partial charge on any atom is 0.0316 e. The molecule has 0 heteroatoms. The predicted octanol–water partition coefficient (Wildman–Crippen LogP) is 4.69. The Morgan fingerprint density at radius 1 is 1.07 bits per heavy atom. The smallest absolute Gasteiger partial charge is 0.0316 e. The van der Waals surface area contributed by atoms with Gasteiger partial charge in [0.25, 0.3) is 0 Å². The molecule has 1 aromatic carbocycles. The van der Waals surface area contributed by atoms with Crippen LogP contribution in [0.15, 0.2) is 30.3 Å². The van der Waals surface area contributed by atoms with Crippen LogP contribution in [0.25, 0.3) is 0 Å². The summed E-state index contributed by atoms with van der Waals surface area (Å²) in [5.41, 5.74) is 1.36. The van der Waals surface area contributed by atoms with Gasteiger partial charge in [-0.15, -0.1) is 0 Å². The summed E-state index contributed by atoms with van der Waals surface area (Å²) in [6, 6.07) is 10.1. The summed E-state index contributed by atoms with van der Waals surface area (Å²) in [6.45, 7) is 10.5. The first-order chi connectivity index (χ1) is 6.99. The molecule has 0 aliphatic heterocycles. The van der Waals surface area contributed by atoms with Gasteiger partial charge in [0.15, 0.2) is 0 Å². The quantitative estimate of drug-likeness (QED) is 0.640. The summed E-state index contributed by atoms with van der Waals surface area (Å²) in [5.74, 6) is 0. The lowest BCUT2D eigenvalue weighted by Crippen LogP contribution is -2.06. The molecule has 0 heterocycles. The minimum atomic E-state index is -0.0822. The van der Waals surface area contributed by atoms with Crippen LogP contribution < -0.4 is 0 Å². The molecule has 1 rings (SSSR count). The van der Waals surface area contributed by atoms with Crippen LogP contribution in [0.1, 0.15) is 48.0 Å². The molecule has 0 saturated heterocycles. The molecule has 0 saturated carbocycles. The van der Waals surface area contributed by atoms with Crippen molar-refractivity contribution in [1.29, 1.82) is 0 Å². The molecule has 80 valence electrons. The van der Waals surface area contributed by atoms with E-state index in [0.29, 0.717) is 0 Å². The highest BCUT2D eigenvalue weighted by Gasteiger charge is 2.09. The highest BCUT2D eigenvalue weighted by Crippen LogP contribution is 2.20. The van der Waals surface area contributed by atoms with Crippen molar-refractivity contribution in [3.05, 3.63) is 35.9 Å². The van der Waals surface area contributed by atoms with E-state index < -0.39 is 0 Å². The van der Waals surface area contributed by atoms with Gasteiger partial charge in [0.2, 0.25) is 0 Å². The van der Waals surface area contributed by atoms with E-state index in [1.165, 1.54) is 0 Å². The van der Waals surface area contributed by atoms with Crippen molar-refractivity contribution in [3.8, 4) is 0 Å². The third-order valence-electron chi connectivity index (χ3n) is 1.75. The Kier molecular flexibility index (Phi) is 5.36. The Bertz CT molecular complexity index is 246. The second kappa shape index (κ2) is 6.64. The fraction of sp³-hybridized carbons (Fsp3) is 0.571. The highest BCUT2D eigenvalue weighted by atomic mass is 14.1. The first kappa shape index (κ1) is 11.3. The minimum Gasteiger partial charge on any atom is -0.0683 e. The third kappa shape index (κ3) is 6.71. The maximum absolute atomic E-state index is 7.97. The first-order valence-corrected chi connectivity index (χ1v) is 5.46. The van der Waals surface area contributed by atoms with Crippen molar-refractivity contribution >= 4 is 0 Å². The van der Waals surface area contributed by atoms with Gasteiger partial charge in [-0.2, -0.15) is 0 Å². The lowest BCUT2D eigenvalue weighted by Gasteiger charge is -2.17. The van der Waals surface area contributed by atoms with Crippen LogP contribution in [0.2, 0.25) is 0 Å². The molecule has 0 spiro atoms. The Labute approximate surface area is 90.8 Å². The fourth-order valence-electron chi connectivity index (χ4n) is 1.01. The van der Waals surface area contributed by atoms with Crippen LogP contribution in [-0.4, -0.2) is 0 Å². The van der Waals surface area contributed by atoms with Gasteiger partial charge in [-0.05, 0) is 23.8 Å². The molecule has 0 bridgehead atoms. The zero-order valence-electron chi connectivity index (χ0n) is 11.2. The summed E-state index contributed by atoms with van der Waals surface area (Å²) in [6.07, 6.45) is 0.831. The van der Waals surface area contributed by atoms with E-state index in [1.54, 1.807) is 0 Å². The van der Waals surface area contributed by atoms with Gasteiger partial charge in [-0.1, -0.05) is 65.0 Å². The highest BCUT2D eigenvalue weighted by molar-refractivity contribution is 5.14. The van der Waals surface area contributed by atoms with Crippen molar-refractivity contribution in [2.45, 2.75) is 47.4 Å². The van der Waals surface area contributed by atoms with Crippen LogP contribution in [0.5, 0.6) is 0 Å². The van der Waals surface area contributed by atoms with Crippen molar-refractivity contribution < 1.29 is 1.37 Å². The van der Waals surface area contributed by atoms with Crippen LogP contribution >= 0.6 is 0 Å². The van der Waals surface area contributed by atoms with E-state index in [-0.39, 0.29) is 11.8 Å². The number of aryl methyl sites for hydroxylation is 1. The number of benzene rings is 1. The third-order valence-corrected chi connectivity index (χ3v) is 1.75. The lowest BCUT2D eigenvalue weighted by atomic mass is 9.89. The zero-order valence-corrected chi connectivity index (χ0v) is 10.2. The molecule has 1 unspecified atom stereocenters. The monoisotopic (exact) mass is 194 g/mol. The van der Waals surface area contributed by atoms with Gasteiger partial charge in [0.05, 0.1) is 0 Å². The Balaban J connectivity index is 0.000000921. The van der Waals surface area contributed by atoms with Crippen molar-refractivity contribution in [2.75, 3.05) is 0 Å². The SMILES string of the molecule is CC.[3H]C(CC(C)(C)C)c1ccccc1.